The summed E-state index contributed by atoms with van der Waals surface area (Å²) in [6.07, 6.45) is 2.92. The second kappa shape index (κ2) is 11.1. The van der Waals surface area contributed by atoms with E-state index in [1.165, 1.54) is 4.90 Å². The Morgan fingerprint density at radius 1 is 1.11 bits per heavy atom. The summed E-state index contributed by atoms with van der Waals surface area (Å²) in [7, 11) is 4.26. The number of anilines is 2. The first kappa shape index (κ1) is 22.2. The van der Waals surface area contributed by atoms with E-state index in [4.69, 9.17) is 21.7 Å². The minimum Gasteiger partial charge on any atom is -0.492 e. The molecule has 0 saturated heterocycles. The summed E-state index contributed by atoms with van der Waals surface area (Å²) < 4.78 is 11.5. The molecule has 1 fully saturated rings. The maximum absolute atomic E-state index is 12.2. The van der Waals surface area contributed by atoms with Crippen LogP contribution < -0.4 is 30.3 Å². The number of ether oxygens (including phenoxy) is 2. The van der Waals surface area contributed by atoms with E-state index in [1.807, 2.05) is 19.9 Å². The van der Waals surface area contributed by atoms with Crippen LogP contribution in [-0.4, -0.2) is 51.4 Å². The third-order valence-electron chi connectivity index (χ3n) is 4.27. The number of quaternary nitrogens is 1. The quantitative estimate of drug-likeness (QED) is 0.329. The smallest absolute Gasteiger partial charge is 0.227 e. The SMILES string of the molecule is CCOc1cc(NC(=S)NCCC[NH+](C)C)c(OCC)cc1NC(=O)C1CC1. The van der Waals surface area contributed by atoms with E-state index < -0.39 is 0 Å². The fourth-order valence-corrected chi connectivity index (χ4v) is 2.91. The van der Waals surface area contributed by atoms with Crippen LogP contribution in [0.1, 0.15) is 33.1 Å². The highest BCUT2D eigenvalue weighted by Crippen LogP contribution is 2.38. The lowest BCUT2D eigenvalue weighted by Gasteiger charge is -2.19. The zero-order valence-corrected chi connectivity index (χ0v) is 18.1. The maximum Gasteiger partial charge on any atom is 0.227 e. The van der Waals surface area contributed by atoms with Crippen molar-refractivity contribution in [1.82, 2.24) is 5.32 Å². The normalized spacial score (nSPS) is 13.2. The summed E-state index contributed by atoms with van der Waals surface area (Å²) in [5, 5.41) is 9.91. The third-order valence-corrected chi connectivity index (χ3v) is 4.52. The molecule has 0 unspecified atom stereocenters. The third kappa shape index (κ3) is 7.16. The van der Waals surface area contributed by atoms with Crippen LogP contribution in [-0.2, 0) is 4.79 Å². The van der Waals surface area contributed by atoms with Crippen LogP contribution in [0.25, 0.3) is 0 Å². The van der Waals surface area contributed by atoms with Crippen LogP contribution in [0.15, 0.2) is 12.1 Å². The van der Waals surface area contributed by atoms with Crippen molar-refractivity contribution in [2.45, 2.75) is 33.1 Å². The van der Waals surface area contributed by atoms with Crippen molar-refractivity contribution in [2.75, 3.05) is 51.0 Å². The van der Waals surface area contributed by atoms with Gasteiger partial charge in [-0.2, -0.15) is 0 Å². The number of carbonyl (C=O) groups excluding carboxylic acids is 1. The molecule has 1 saturated carbocycles. The van der Waals surface area contributed by atoms with Crippen LogP contribution >= 0.6 is 12.2 Å². The fraction of sp³-hybridized carbons (Fsp3) is 0.600. The monoisotopic (exact) mass is 409 g/mol. The number of hydrogen-bond acceptors (Lipinski definition) is 4. The molecule has 28 heavy (non-hydrogen) atoms. The van der Waals surface area contributed by atoms with E-state index in [9.17, 15) is 4.79 Å². The van der Waals surface area contributed by atoms with E-state index >= 15 is 0 Å². The van der Waals surface area contributed by atoms with Gasteiger partial charge in [-0.25, -0.2) is 0 Å². The number of thiocarbonyl (C=S) groups is 1. The Morgan fingerprint density at radius 3 is 2.18 bits per heavy atom. The molecule has 1 aliphatic carbocycles. The van der Waals surface area contributed by atoms with E-state index in [-0.39, 0.29) is 11.8 Å². The van der Waals surface area contributed by atoms with Crippen LogP contribution in [0.4, 0.5) is 11.4 Å². The summed E-state index contributed by atoms with van der Waals surface area (Å²) >= 11 is 5.42. The van der Waals surface area contributed by atoms with Crippen molar-refractivity contribution < 1.29 is 19.2 Å². The molecule has 4 N–H and O–H groups in total. The largest absolute Gasteiger partial charge is 0.492 e. The van der Waals surface area contributed by atoms with Crippen LogP contribution in [0.5, 0.6) is 11.5 Å². The summed E-state index contributed by atoms with van der Waals surface area (Å²) in [5.74, 6) is 1.37. The topological polar surface area (TPSA) is 76.1 Å². The van der Waals surface area contributed by atoms with Gasteiger partial charge in [-0.1, -0.05) is 0 Å². The molecule has 1 amide bonds. The highest BCUT2D eigenvalue weighted by Gasteiger charge is 2.30. The zero-order valence-electron chi connectivity index (χ0n) is 17.3. The van der Waals surface area contributed by atoms with Gasteiger partial charge >= 0.3 is 0 Å². The Kier molecular flexibility index (Phi) is 8.79. The molecule has 1 aromatic carbocycles. The van der Waals surface area contributed by atoms with E-state index in [0.717, 1.165) is 32.4 Å². The van der Waals surface area contributed by atoms with Crippen molar-refractivity contribution in [3.05, 3.63) is 12.1 Å². The molecule has 2 rings (SSSR count). The summed E-state index contributed by atoms with van der Waals surface area (Å²) in [6.45, 7) is 6.70. The van der Waals surface area contributed by atoms with Gasteiger partial charge in [0, 0.05) is 31.0 Å². The molecule has 0 radical (unpaired) electrons. The number of hydrogen-bond donors (Lipinski definition) is 4. The zero-order chi connectivity index (χ0) is 20.5. The number of carbonyl (C=O) groups is 1. The van der Waals surface area contributed by atoms with Crippen LogP contribution in [0.2, 0.25) is 0 Å². The Hall–Kier alpha value is -2.06. The minimum atomic E-state index is 0.0318. The van der Waals surface area contributed by atoms with Crippen molar-refractivity contribution in [1.29, 1.82) is 0 Å². The van der Waals surface area contributed by atoms with Gasteiger partial charge in [0.25, 0.3) is 0 Å². The fourth-order valence-electron chi connectivity index (χ4n) is 2.70. The first-order valence-corrected chi connectivity index (χ1v) is 10.4. The first-order chi connectivity index (χ1) is 13.4. The van der Waals surface area contributed by atoms with Crippen molar-refractivity contribution in [2.24, 2.45) is 5.92 Å². The molecular weight excluding hydrogens is 376 g/mol. The van der Waals surface area contributed by atoms with E-state index in [0.29, 0.717) is 41.2 Å². The van der Waals surface area contributed by atoms with E-state index in [1.54, 1.807) is 6.07 Å². The minimum absolute atomic E-state index is 0.0318. The number of amides is 1. The van der Waals surface area contributed by atoms with Gasteiger partial charge in [-0.15, -0.1) is 0 Å². The molecule has 1 aromatic rings. The first-order valence-electron chi connectivity index (χ1n) is 10.0. The number of nitrogens with one attached hydrogen (secondary N) is 4. The molecule has 0 aliphatic heterocycles. The number of benzene rings is 1. The Bertz CT molecular complexity index is 678. The molecule has 1 aliphatic rings. The lowest BCUT2D eigenvalue weighted by molar-refractivity contribution is -0.858. The van der Waals surface area contributed by atoms with Crippen molar-refractivity contribution >= 4 is 34.6 Å². The molecule has 0 bridgehead atoms. The molecule has 156 valence electrons. The van der Waals surface area contributed by atoms with Gasteiger partial charge in [0.1, 0.15) is 11.5 Å². The predicted octanol–water partition coefficient (Wildman–Crippen LogP) is 1.65. The Labute approximate surface area is 173 Å². The van der Waals surface area contributed by atoms with Crippen LogP contribution in [0.3, 0.4) is 0 Å². The standard InChI is InChI=1S/C20H32N4O3S/c1-5-26-17-13-16(23-20(28)21-10-7-11-24(3)4)18(27-6-2)12-15(17)22-19(25)14-8-9-14/h12-14H,5-11H2,1-4H3,(H,22,25)(H2,21,23,28)/p+1. The second-order valence-corrected chi connectivity index (χ2v) is 7.57. The van der Waals surface area contributed by atoms with E-state index in [2.05, 4.69) is 30.0 Å². The molecule has 0 aromatic heterocycles. The number of rotatable bonds is 11. The van der Waals surface area contributed by atoms with Crippen molar-refractivity contribution in [3.8, 4) is 11.5 Å². The highest BCUT2D eigenvalue weighted by molar-refractivity contribution is 7.80. The lowest BCUT2D eigenvalue weighted by Crippen LogP contribution is -3.05. The Morgan fingerprint density at radius 2 is 1.68 bits per heavy atom. The average Bonchev–Trinajstić information content (AvgIpc) is 3.47. The van der Waals surface area contributed by atoms with Gasteiger partial charge in [0.15, 0.2) is 5.11 Å². The van der Waals surface area contributed by atoms with Gasteiger partial charge in [0.05, 0.1) is 45.2 Å². The lowest BCUT2D eigenvalue weighted by atomic mass is 10.2. The molecular formula is C20H33N4O3S+. The molecule has 0 spiro atoms. The summed E-state index contributed by atoms with van der Waals surface area (Å²) in [6, 6.07) is 3.63. The van der Waals surface area contributed by atoms with Gasteiger partial charge in [0.2, 0.25) is 5.91 Å². The molecule has 0 heterocycles. The van der Waals surface area contributed by atoms with Gasteiger partial charge in [-0.3, -0.25) is 4.79 Å². The molecule has 0 atom stereocenters. The second-order valence-electron chi connectivity index (χ2n) is 7.17. The highest BCUT2D eigenvalue weighted by atomic mass is 32.1. The van der Waals surface area contributed by atoms with Gasteiger partial charge < -0.3 is 30.3 Å². The predicted molar refractivity (Wildman–Crippen MR) is 117 cm³/mol. The Balaban J connectivity index is 2.11. The summed E-state index contributed by atoms with van der Waals surface area (Å²) in [4.78, 5) is 13.6. The maximum atomic E-state index is 12.2. The average molecular weight is 410 g/mol. The molecule has 7 nitrogen and oxygen atoms in total. The van der Waals surface area contributed by atoms with Crippen molar-refractivity contribution in [3.63, 3.8) is 0 Å². The molecule has 8 heteroatoms. The van der Waals surface area contributed by atoms with Gasteiger partial charge in [-0.05, 0) is 38.9 Å². The van der Waals surface area contributed by atoms with Crippen LogP contribution in [0, 0.1) is 5.92 Å². The summed E-state index contributed by atoms with van der Waals surface area (Å²) in [5.41, 5.74) is 1.34.